The van der Waals surface area contributed by atoms with Gasteiger partial charge in [-0.15, -0.1) is 0 Å². The average molecular weight is 458 g/mol. The Labute approximate surface area is 187 Å². The molecule has 3 aromatic rings. The maximum absolute atomic E-state index is 12.8. The fraction of sp³-hybridized carbons (Fsp3) is 0.143. The van der Waals surface area contributed by atoms with Crippen molar-refractivity contribution >= 4 is 52.5 Å². The Kier molecular flexibility index (Phi) is 5.92. The van der Waals surface area contributed by atoms with E-state index in [1.807, 2.05) is 30.3 Å². The molecule has 1 unspecified atom stereocenters. The summed E-state index contributed by atoms with van der Waals surface area (Å²) in [4.78, 5) is 44.6. The highest BCUT2D eigenvalue weighted by atomic mass is 35.5. The second kappa shape index (κ2) is 8.79. The first kappa shape index (κ1) is 20.9. The topological polar surface area (TPSA) is 116 Å². The molecule has 0 saturated carbocycles. The highest BCUT2D eigenvalue weighted by Crippen LogP contribution is 2.30. The molecule has 4 N–H and O–H groups in total. The first-order valence-electron chi connectivity index (χ1n) is 9.38. The third-order valence-corrected chi connectivity index (χ3v) is 5.14. The molecule has 1 aromatic heterocycles. The van der Waals surface area contributed by atoms with Crippen molar-refractivity contribution < 1.29 is 9.59 Å². The van der Waals surface area contributed by atoms with E-state index in [-0.39, 0.29) is 30.3 Å². The molecule has 1 aliphatic heterocycles. The Morgan fingerprint density at radius 2 is 1.81 bits per heavy atom. The number of aromatic nitrogens is 2. The number of H-pyrrole nitrogens is 1. The molecule has 4 rings (SSSR count). The molecule has 0 saturated heterocycles. The first-order chi connectivity index (χ1) is 14.9. The van der Waals surface area contributed by atoms with Crippen LogP contribution >= 0.6 is 23.2 Å². The molecular weight excluding hydrogens is 441 g/mol. The number of fused-ring (bicyclic) bond motifs is 1. The van der Waals surface area contributed by atoms with Crippen molar-refractivity contribution in [2.45, 2.75) is 18.9 Å². The zero-order valence-electron chi connectivity index (χ0n) is 16.0. The number of nitrogens with zero attached hydrogens (tertiary/aromatic N) is 1. The number of nitrogens with one attached hydrogen (secondary N) is 4. The van der Waals surface area contributed by atoms with Crippen LogP contribution in [0, 0.1) is 0 Å². The summed E-state index contributed by atoms with van der Waals surface area (Å²) in [5.41, 5.74) is 0.989. The zero-order chi connectivity index (χ0) is 22.0. The van der Waals surface area contributed by atoms with Crippen molar-refractivity contribution in [2.24, 2.45) is 0 Å². The number of hydrogen-bond acceptors (Lipinski definition) is 5. The van der Waals surface area contributed by atoms with Crippen LogP contribution in [0.3, 0.4) is 0 Å². The van der Waals surface area contributed by atoms with Crippen LogP contribution in [-0.2, 0) is 16.1 Å². The normalized spacial score (nSPS) is 15.0. The maximum Gasteiger partial charge on any atom is 0.258 e. The van der Waals surface area contributed by atoms with E-state index in [0.29, 0.717) is 15.7 Å². The summed E-state index contributed by atoms with van der Waals surface area (Å²) < 4.78 is 0. The lowest BCUT2D eigenvalue weighted by Crippen LogP contribution is -2.39. The standard InChI is InChI=1S/C21H17Cl2N5O3/c22-12-6-13(23)8-14(7-12)25-21-27-18-17(20(31)28-21)15(9-16(29)26-18)19(30)24-10-11-4-2-1-3-5-11/h1-8,15H,9-10H2,(H,24,30)(H3,25,26,27,28,29,31). The minimum atomic E-state index is -0.946. The molecule has 158 valence electrons. The molecule has 0 bridgehead atoms. The number of amides is 2. The van der Waals surface area contributed by atoms with Gasteiger partial charge < -0.3 is 16.0 Å². The molecule has 0 spiro atoms. The predicted octanol–water partition coefficient (Wildman–Crippen LogP) is 3.56. The third-order valence-electron chi connectivity index (χ3n) is 4.70. The van der Waals surface area contributed by atoms with E-state index in [0.717, 1.165) is 5.56 Å². The number of hydrogen-bond donors (Lipinski definition) is 4. The molecule has 2 amide bonds. The Morgan fingerprint density at radius 3 is 2.52 bits per heavy atom. The minimum absolute atomic E-state index is 0.0375. The van der Waals surface area contributed by atoms with Crippen LogP contribution in [0.4, 0.5) is 17.5 Å². The van der Waals surface area contributed by atoms with E-state index >= 15 is 0 Å². The number of benzene rings is 2. The van der Waals surface area contributed by atoms with Crippen molar-refractivity contribution in [2.75, 3.05) is 10.6 Å². The van der Waals surface area contributed by atoms with Gasteiger partial charge in [0.25, 0.3) is 5.56 Å². The molecule has 1 aliphatic rings. The van der Waals surface area contributed by atoms with Crippen LogP contribution in [0.25, 0.3) is 0 Å². The molecule has 0 aliphatic carbocycles. The van der Waals surface area contributed by atoms with Gasteiger partial charge in [-0.2, -0.15) is 4.98 Å². The molecule has 1 atom stereocenters. The van der Waals surface area contributed by atoms with E-state index < -0.39 is 23.3 Å². The predicted molar refractivity (Wildman–Crippen MR) is 119 cm³/mol. The number of carbonyl (C=O) groups excluding carboxylic acids is 2. The van der Waals surface area contributed by atoms with Gasteiger partial charge in [-0.05, 0) is 23.8 Å². The van der Waals surface area contributed by atoms with Crippen LogP contribution < -0.4 is 21.5 Å². The summed E-state index contributed by atoms with van der Waals surface area (Å²) in [6.45, 7) is 0.285. The minimum Gasteiger partial charge on any atom is -0.351 e. The van der Waals surface area contributed by atoms with Gasteiger partial charge in [-0.1, -0.05) is 53.5 Å². The van der Waals surface area contributed by atoms with Crippen LogP contribution in [0.1, 0.15) is 23.5 Å². The van der Waals surface area contributed by atoms with Crippen LogP contribution in [0.2, 0.25) is 10.0 Å². The lowest BCUT2D eigenvalue weighted by atomic mass is 9.92. The Bertz CT molecular complexity index is 1190. The van der Waals surface area contributed by atoms with Gasteiger partial charge in [-0.25, -0.2) is 0 Å². The summed E-state index contributed by atoms with van der Waals surface area (Å²) in [7, 11) is 0. The highest BCUT2D eigenvalue weighted by molar-refractivity contribution is 6.35. The van der Waals surface area contributed by atoms with E-state index in [2.05, 4.69) is 25.9 Å². The number of carbonyl (C=O) groups is 2. The molecule has 8 nitrogen and oxygen atoms in total. The maximum atomic E-state index is 12.8. The third kappa shape index (κ3) is 4.87. The van der Waals surface area contributed by atoms with E-state index in [4.69, 9.17) is 23.2 Å². The Morgan fingerprint density at radius 1 is 1.10 bits per heavy atom. The molecule has 2 aromatic carbocycles. The summed E-state index contributed by atoms with van der Waals surface area (Å²) in [6, 6.07) is 14.1. The first-order valence-corrected chi connectivity index (χ1v) is 10.1. The molecule has 0 radical (unpaired) electrons. The summed E-state index contributed by atoms with van der Waals surface area (Å²) in [6.07, 6.45) is -0.144. The summed E-state index contributed by atoms with van der Waals surface area (Å²) in [5.74, 6) is -1.65. The highest BCUT2D eigenvalue weighted by Gasteiger charge is 2.34. The Balaban J connectivity index is 1.59. The second-order valence-corrected chi connectivity index (χ2v) is 7.84. The van der Waals surface area contributed by atoms with Gasteiger partial charge in [0.15, 0.2) is 0 Å². The fourth-order valence-electron chi connectivity index (χ4n) is 3.33. The average Bonchev–Trinajstić information content (AvgIpc) is 2.71. The Hall–Kier alpha value is -3.36. The number of aromatic amines is 1. The quantitative estimate of drug-likeness (QED) is 0.467. The lowest BCUT2D eigenvalue weighted by Gasteiger charge is -2.23. The summed E-state index contributed by atoms with van der Waals surface area (Å²) >= 11 is 12.0. The van der Waals surface area contributed by atoms with Crippen molar-refractivity contribution in [3.05, 3.63) is 80.1 Å². The number of rotatable bonds is 5. The molecular formula is C21H17Cl2N5O3. The second-order valence-electron chi connectivity index (χ2n) is 6.97. The van der Waals surface area contributed by atoms with Crippen molar-refractivity contribution in [1.29, 1.82) is 0 Å². The van der Waals surface area contributed by atoms with Crippen LogP contribution in [0.15, 0.2) is 53.3 Å². The van der Waals surface area contributed by atoms with Gasteiger partial charge in [0.1, 0.15) is 5.82 Å². The molecule has 10 heteroatoms. The van der Waals surface area contributed by atoms with Crippen LogP contribution in [0.5, 0.6) is 0 Å². The smallest absolute Gasteiger partial charge is 0.258 e. The lowest BCUT2D eigenvalue weighted by molar-refractivity contribution is -0.126. The fourth-order valence-corrected chi connectivity index (χ4v) is 3.85. The molecule has 0 fully saturated rings. The van der Waals surface area contributed by atoms with Crippen molar-refractivity contribution in [3.63, 3.8) is 0 Å². The van der Waals surface area contributed by atoms with Gasteiger partial charge in [0, 0.05) is 28.7 Å². The number of anilines is 3. The van der Waals surface area contributed by atoms with E-state index in [9.17, 15) is 14.4 Å². The molecule has 2 heterocycles. The van der Waals surface area contributed by atoms with Crippen molar-refractivity contribution in [3.8, 4) is 0 Å². The zero-order valence-corrected chi connectivity index (χ0v) is 17.6. The summed E-state index contributed by atoms with van der Waals surface area (Å²) in [5, 5.41) is 9.04. The van der Waals surface area contributed by atoms with Crippen LogP contribution in [-0.4, -0.2) is 21.8 Å². The monoisotopic (exact) mass is 457 g/mol. The largest absolute Gasteiger partial charge is 0.351 e. The van der Waals surface area contributed by atoms with Gasteiger partial charge >= 0.3 is 0 Å². The van der Waals surface area contributed by atoms with Crippen molar-refractivity contribution in [1.82, 2.24) is 15.3 Å². The van der Waals surface area contributed by atoms with E-state index in [1.54, 1.807) is 18.2 Å². The van der Waals surface area contributed by atoms with Gasteiger partial charge in [-0.3, -0.25) is 19.4 Å². The van der Waals surface area contributed by atoms with E-state index in [1.165, 1.54) is 0 Å². The van der Waals surface area contributed by atoms with Gasteiger partial charge in [0.2, 0.25) is 17.8 Å². The van der Waals surface area contributed by atoms with Gasteiger partial charge in [0.05, 0.1) is 11.5 Å². The molecule has 31 heavy (non-hydrogen) atoms. The SMILES string of the molecule is O=C1CC(C(=O)NCc2ccccc2)c2c(nc(Nc3cc(Cl)cc(Cl)c3)[nH]c2=O)N1. The number of halogens is 2.